The quantitative estimate of drug-likeness (QED) is 0.306. The van der Waals surface area contributed by atoms with Crippen molar-refractivity contribution in [3.63, 3.8) is 0 Å². The molecule has 0 saturated carbocycles. The molecule has 0 heterocycles. The summed E-state index contributed by atoms with van der Waals surface area (Å²) in [5.41, 5.74) is 0. The Morgan fingerprint density at radius 1 is 1.18 bits per heavy atom. The molecule has 0 aromatic heterocycles. The monoisotopic (exact) mass is 182 g/mol. The second kappa shape index (κ2) is 5.79. The van der Waals surface area contributed by atoms with Crippen LogP contribution in [0.15, 0.2) is 0 Å². The van der Waals surface area contributed by atoms with E-state index in [-0.39, 0.29) is 12.4 Å². The predicted molar refractivity (Wildman–Crippen MR) is 43.3 cm³/mol. The number of hydrogen-bond donors (Lipinski definition) is 4. The molecule has 0 aliphatic heterocycles. The van der Waals surface area contributed by atoms with Crippen molar-refractivity contribution in [2.75, 3.05) is 24.7 Å². The molecule has 0 aromatic carbocycles. The molecule has 0 atom stereocenters. The van der Waals surface area contributed by atoms with E-state index in [2.05, 4.69) is 0 Å². The highest BCUT2D eigenvalue weighted by Gasteiger charge is 2.20. The minimum Gasteiger partial charge on any atom is -0.396 e. The Labute approximate surface area is 69.9 Å². The van der Waals surface area contributed by atoms with Crippen molar-refractivity contribution in [1.29, 1.82) is 0 Å². The van der Waals surface area contributed by atoms with Crippen LogP contribution in [0.4, 0.5) is 0 Å². The summed E-state index contributed by atoms with van der Waals surface area (Å²) in [4.78, 5) is 0. The van der Waals surface area contributed by atoms with Gasteiger partial charge in [0, 0.05) is 12.4 Å². The highest BCUT2D eigenvalue weighted by atomic mass is 32.2. The summed E-state index contributed by atoms with van der Waals surface area (Å²) in [5.74, 6) is -1.23. The van der Waals surface area contributed by atoms with Crippen LogP contribution in [0.2, 0.25) is 0 Å². The largest absolute Gasteiger partial charge is 0.396 e. The van der Waals surface area contributed by atoms with Gasteiger partial charge >= 0.3 is 0 Å². The smallest absolute Gasteiger partial charge is 0.195 e. The molecule has 0 aliphatic rings. The molecule has 0 fully saturated rings. The van der Waals surface area contributed by atoms with Crippen molar-refractivity contribution >= 4 is 11.8 Å². The lowest BCUT2D eigenvalue weighted by molar-refractivity contribution is -0.167. The molecule has 4 N–H and O–H groups in total. The van der Waals surface area contributed by atoms with Crippen molar-refractivity contribution in [3.05, 3.63) is 0 Å². The van der Waals surface area contributed by atoms with E-state index in [4.69, 9.17) is 20.4 Å². The van der Waals surface area contributed by atoms with Crippen molar-refractivity contribution in [2.24, 2.45) is 0 Å². The SMILES string of the molecule is OCCCSCC(O)(O)CO. The Kier molecular flexibility index (Phi) is 5.89. The Balaban J connectivity index is 3.23. The summed E-state index contributed by atoms with van der Waals surface area (Å²) >= 11 is 1.29. The molecule has 68 valence electrons. The van der Waals surface area contributed by atoms with Gasteiger partial charge in [0.05, 0.1) is 6.61 Å². The van der Waals surface area contributed by atoms with Gasteiger partial charge < -0.3 is 20.4 Å². The fourth-order valence-electron chi connectivity index (χ4n) is 0.448. The van der Waals surface area contributed by atoms with Crippen molar-refractivity contribution in [2.45, 2.75) is 12.2 Å². The molecule has 0 unspecified atom stereocenters. The molecule has 0 rings (SSSR count). The van der Waals surface area contributed by atoms with Crippen LogP contribution in [0, 0.1) is 0 Å². The van der Waals surface area contributed by atoms with Gasteiger partial charge in [-0.3, -0.25) is 0 Å². The van der Waals surface area contributed by atoms with Gasteiger partial charge in [-0.15, -0.1) is 0 Å². The van der Waals surface area contributed by atoms with Crippen LogP contribution in [0.3, 0.4) is 0 Å². The normalized spacial score (nSPS) is 12.0. The number of rotatable bonds is 6. The van der Waals surface area contributed by atoms with E-state index in [1.165, 1.54) is 11.8 Å². The van der Waals surface area contributed by atoms with Crippen LogP contribution in [-0.4, -0.2) is 50.9 Å². The van der Waals surface area contributed by atoms with Gasteiger partial charge in [0.15, 0.2) is 5.79 Å². The summed E-state index contributed by atoms with van der Waals surface area (Å²) in [5, 5.41) is 34.4. The molecular formula is C6H14O4S. The van der Waals surface area contributed by atoms with Gasteiger partial charge in [0.25, 0.3) is 0 Å². The molecule has 11 heavy (non-hydrogen) atoms. The number of aliphatic hydroxyl groups is 4. The summed E-state index contributed by atoms with van der Waals surface area (Å²) in [6, 6.07) is 0. The molecule has 0 bridgehead atoms. The minimum absolute atomic E-state index is 0.0729. The van der Waals surface area contributed by atoms with E-state index in [1.54, 1.807) is 0 Å². The summed E-state index contributed by atoms with van der Waals surface area (Å²) in [7, 11) is 0. The van der Waals surface area contributed by atoms with E-state index in [0.717, 1.165) is 0 Å². The van der Waals surface area contributed by atoms with Gasteiger partial charge in [-0.05, 0) is 12.2 Å². The van der Waals surface area contributed by atoms with Crippen LogP contribution in [-0.2, 0) is 0 Å². The second-order valence-electron chi connectivity index (χ2n) is 2.27. The Hall–Kier alpha value is 0.190. The number of hydrogen-bond acceptors (Lipinski definition) is 5. The van der Waals surface area contributed by atoms with Crippen LogP contribution in [0.1, 0.15) is 6.42 Å². The summed E-state index contributed by atoms with van der Waals surface area (Å²) < 4.78 is 0. The number of thioether (sulfide) groups is 1. The summed E-state index contributed by atoms with van der Waals surface area (Å²) in [6.07, 6.45) is 0.631. The first kappa shape index (κ1) is 11.2. The maximum absolute atomic E-state index is 8.84. The van der Waals surface area contributed by atoms with E-state index in [0.29, 0.717) is 12.2 Å². The van der Waals surface area contributed by atoms with Gasteiger partial charge in [0.1, 0.15) is 0 Å². The Bertz CT molecular complexity index is 96.6. The molecule has 0 radical (unpaired) electrons. The van der Waals surface area contributed by atoms with Crippen LogP contribution in [0.25, 0.3) is 0 Å². The Morgan fingerprint density at radius 2 is 1.82 bits per heavy atom. The van der Waals surface area contributed by atoms with Crippen molar-refractivity contribution in [3.8, 4) is 0 Å². The van der Waals surface area contributed by atoms with Gasteiger partial charge in [-0.1, -0.05) is 0 Å². The standard InChI is InChI=1S/C6H14O4S/c7-2-1-3-11-5-6(9,10)4-8/h7-10H,1-5H2. The highest BCUT2D eigenvalue weighted by molar-refractivity contribution is 7.99. The molecule has 5 heteroatoms. The molecule has 0 saturated heterocycles. The molecule has 0 amide bonds. The zero-order valence-corrected chi connectivity index (χ0v) is 7.05. The van der Waals surface area contributed by atoms with Gasteiger partial charge in [0.2, 0.25) is 0 Å². The van der Waals surface area contributed by atoms with Gasteiger partial charge in [-0.25, -0.2) is 0 Å². The topological polar surface area (TPSA) is 80.9 Å². The van der Waals surface area contributed by atoms with Crippen molar-refractivity contribution in [1.82, 2.24) is 0 Å². The lowest BCUT2D eigenvalue weighted by Crippen LogP contribution is -2.35. The molecule has 0 aliphatic carbocycles. The van der Waals surface area contributed by atoms with Crippen LogP contribution in [0.5, 0.6) is 0 Å². The first-order valence-electron chi connectivity index (χ1n) is 3.36. The van der Waals surface area contributed by atoms with E-state index in [9.17, 15) is 0 Å². The third-order valence-corrected chi connectivity index (χ3v) is 2.28. The minimum atomic E-state index is -1.97. The first-order chi connectivity index (χ1) is 5.12. The predicted octanol–water partition coefficient (Wildman–Crippen LogP) is -1.22. The van der Waals surface area contributed by atoms with Crippen LogP contribution < -0.4 is 0 Å². The summed E-state index contributed by atoms with van der Waals surface area (Å²) in [6.45, 7) is -0.547. The first-order valence-corrected chi connectivity index (χ1v) is 4.52. The third-order valence-electron chi connectivity index (χ3n) is 1.03. The average Bonchev–Trinajstić information content (AvgIpc) is 1.99. The maximum atomic E-state index is 8.84. The molecular weight excluding hydrogens is 168 g/mol. The molecule has 0 aromatic rings. The fraction of sp³-hybridized carbons (Fsp3) is 1.00. The highest BCUT2D eigenvalue weighted by Crippen LogP contribution is 2.10. The van der Waals surface area contributed by atoms with E-state index < -0.39 is 12.4 Å². The van der Waals surface area contributed by atoms with Crippen LogP contribution >= 0.6 is 11.8 Å². The Morgan fingerprint density at radius 3 is 2.27 bits per heavy atom. The lowest BCUT2D eigenvalue weighted by Gasteiger charge is -2.17. The average molecular weight is 182 g/mol. The zero-order valence-electron chi connectivity index (χ0n) is 6.23. The third kappa shape index (κ3) is 6.58. The van der Waals surface area contributed by atoms with E-state index in [1.807, 2.05) is 0 Å². The van der Waals surface area contributed by atoms with Crippen molar-refractivity contribution < 1.29 is 20.4 Å². The zero-order chi connectivity index (χ0) is 8.74. The lowest BCUT2D eigenvalue weighted by atomic mass is 10.4. The molecule has 0 spiro atoms. The van der Waals surface area contributed by atoms with Gasteiger partial charge in [-0.2, -0.15) is 11.8 Å². The fourth-order valence-corrected chi connectivity index (χ4v) is 1.34. The van der Waals surface area contributed by atoms with E-state index >= 15 is 0 Å². The second-order valence-corrected chi connectivity index (χ2v) is 3.38. The number of aliphatic hydroxyl groups excluding tert-OH is 2. The maximum Gasteiger partial charge on any atom is 0.195 e. The molecule has 4 nitrogen and oxygen atoms in total.